The molecule has 8 aromatic rings. The average molecular weight is 582 g/mol. The van der Waals surface area contributed by atoms with Crippen molar-refractivity contribution in [1.29, 1.82) is 0 Å². The van der Waals surface area contributed by atoms with Crippen LogP contribution in [0.5, 0.6) is 0 Å². The molecule has 1 aliphatic rings. The summed E-state index contributed by atoms with van der Waals surface area (Å²) in [6, 6.07) is 45.3. The summed E-state index contributed by atoms with van der Waals surface area (Å²) in [6.07, 6.45) is 6.56. The summed E-state index contributed by atoms with van der Waals surface area (Å²) in [4.78, 5) is 10.4. The van der Waals surface area contributed by atoms with Crippen LogP contribution in [0.1, 0.15) is 17.7 Å². The third-order valence-corrected chi connectivity index (χ3v) is 9.94. The van der Waals surface area contributed by atoms with Gasteiger partial charge in [-0.3, -0.25) is 4.57 Å². The van der Waals surface area contributed by atoms with Crippen LogP contribution in [0.3, 0.4) is 0 Å². The molecule has 0 fully saturated rings. The van der Waals surface area contributed by atoms with Gasteiger partial charge < -0.3 is 0 Å². The molecule has 0 radical (unpaired) electrons. The number of benzene rings is 5. The summed E-state index contributed by atoms with van der Waals surface area (Å²) >= 11 is 1.88. The zero-order chi connectivity index (χ0) is 29.0. The lowest BCUT2D eigenvalue weighted by atomic mass is 9.97. The van der Waals surface area contributed by atoms with Gasteiger partial charge in [-0.25, -0.2) is 9.97 Å². The molecule has 0 unspecified atom stereocenters. The Morgan fingerprint density at radius 1 is 0.591 bits per heavy atom. The molecule has 0 spiro atoms. The summed E-state index contributed by atoms with van der Waals surface area (Å²) in [5.74, 6) is 0.697. The van der Waals surface area contributed by atoms with Crippen molar-refractivity contribution in [3.8, 4) is 39.6 Å². The molecule has 44 heavy (non-hydrogen) atoms. The van der Waals surface area contributed by atoms with Crippen molar-refractivity contribution in [3.05, 3.63) is 145 Å². The number of allylic oxidation sites excluding steroid dienone is 1. The van der Waals surface area contributed by atoms with Gasteiger partial charge in [-0.2, -0.15) is 0 Å². The fourth-order valence-electron chi connectivity index (χ4n) is 6.64. The molecular formula is C40H27N3S. The van der Waals surface area contributed by atoms with Gasteiger partial charge in [0.25, 0.3) is 0 Å². The van der Waals surface area contributed by atoms with Crippen LogP contribution in [0, 0.1) is 0 Å². The Morgan fingerprint density at radius 3 is 2.07 bits per heavy atom. The number of thiophene rings is 1. The van der Waals surface area contributed by atoms with Crippen LogP contribution in [0.2, 0.25) is 0 Å². The monoisotopic (exact) mass is 581 g/mol. The number of rotatable bonds is 4. The zero-order valence-corrected chi connectivity index (χ0v) is 24.8. The summed E-state index contributed by atoms with van der Waals surface area (Å²) in [7, 11) is 0. The summed E-state index contributed by atoms with van der Waals surface area (Å²) in [5, 5.41) is 3.93. The second-order valence-electron chi connectivity index (χ2n) is 11.3. The number of hydrogen-bond donors (Lipinski definition) is 0. The minimum absolute atomic E-state index is 0.697. The van der Waals surface area contributed by atoms with Crippen molar-refractivity contribution in [2.75, 3.05) is 0 Å². The zero-order valence-electron chi connectivity index (χ0n) is 23.9. The van der Waals surface area contributed by atoms with Crippen molar-refractivity contribution in [2.45, 2.75) is 12.8 Å². The number of aryl methyl sites for hydroxylation is 1. The van der Waals surface area contributed by atoms with Gasteiger partial charge in [0.15, 0.2) is 0 Å². The molecule has 0 saturated heterocycles. The lowest BCUT2D eigenvalue weighted by Gasteiger charge is -2.13. The lowest BCUT2D eigenvalue weighted by molar-refractivity contribution is 0.921. The van der Waals surface area contributed by atoms with Crippen LogP contribution in [-0.4, -0.2) is 14.5 Å². The van der Waals surface area contributed by atoms with Crippen LogP contribution >= 0.6 is 11.3 Å². The van der Waals surface area contributed by atoms with Crippen LogP contribution in [0.15, 0.2) is 133 Å². The normalized spacial score (nSPS) is 12.7. The molecule has 0 amide bonds. The Labute approximate surface area is 259 Å². The highest BCUT2D eigenvalue weighted by Gasteiger charge is 2.22. The maximum atomic E-state index is 5.20. The third kappa shape index (κ3) is 4.03. The molecule has 0 saturated carbocycles. The predicted molar refractivity (Wildman–Crippen MR) is 185 cm³/mol. The molecular weight excluding hydrogens is 555 g/mol. The van der Waals surface area contributed by atoms with Gasteiger partial charge in [0.2, 0.25) is 5.95 Å². The molecule has 4 heteroatoms. The predicted octanol–water partition coefficient (Wildman–Crippen LogP) is 10.7. The topological polar surface area (TPSA) is 30.7 Å². The van der Waals surface area contributed by atoms with E-state index in [2.05, 4.69) is 132 Å². The van der Waals surface area contributed by atoms with Crippen molar-refractivity contribution in [3.63, 3.8) is 0 Å². The highest BCUT2D eigenvalue weighted by molar-refractivity contribution is 7.26. The van der Waals surface area contributed by atoms with Gasteiger partial charge in [-0.05, 0) is 59.9 Å². The Kier molecular flexibility index (Phi) is 5.81. The summed E-state index contributed by atoms with van der Waals surface area (Å²) < 4.78 is 4.94. The molecule has 0 aliphatic heterocycles. The van der Waals surface area contributed by atoms with E-state index in [1.165, 1.54) is 47.9 Å². The molecule has 0 atom stereocenters. The molecule has 3 aromatic heterocycles. The largest absolute Gasteiger partial charge is 0.278 e. The van der Waals surface area contributed by atoms with Crippen LogP contribution in [0.25, 0.3) is 76.7 Å². The number of nitrogens with zero attached hydrogens (tertiary/aromatic N) is 3. The second-order valence-corrected chi connectivity index (χ2v) is 12.4. The first kappa shape index (κ1) is 25.2. The molecule has 0 N–H and O–H groups in total. The van der Waals surface area contributed by atoms with Crippen LogP contribution in [-0.2, 0) is 6.42 Å². The van der Waals surface area contributed by atoms with Gasteiger partial charge in [0.05, 0.1) is 22.6 Å². The van der Waals surface area contributed by atoms with Gasteiger partial charge in [-0.1, -0.05) is 109 Å². The first-order valence-corrected chi connectivity index (χ1v) is 15.9. The summed E-state index contributed by atoms with van der Waals surface area (Å²) in [5.41, 5.74) is 10.2. The van der Waals surface area contributed by atoms with E-state index in [9.17, 15) is 0 Å². The van der Waals surface area contributed by atoms with Crippen LogP contribution in [0.4, 0.5) is 0 Å². The van der Waals surface area contributed by atoms with Crippen molar-refractivity contribution in [2.24, 2.45) is 0 Å². The maximum Gasteiger partial charge on any atom is 0.235 e. The van der Waals surface area contributed by atoms with Crippen molar-refractivity contribution < 1.29 is 0 Å². The van der Waals surface area contributed by atoms with Gasteiger partial charge in [0, 0.05) is 36.7 Å². The van der Waals surface area contributed by atoms with Crippen molar-refractivity contribution in [1.82, 2.24) is 14.5 Å². The molecule has 5 aromatic carbocycles. The maximum absolute atomic E-state index is 5.20. The third-order valence-electron chi connectivity index (χ3n) is 8.72. The molecule has 3 nitrogen and oxygen atoms in total. The highest BCUT2D eigenvalue weighted by Crippen LogP contribution is 2.42. The Bertz CT molecular complexity index is 2320. The van der Waals surface area contributed by atoms with E-state index < -0.39 is 0 Å². The minimum atomic E-state index is 0.697. The van der Waals surface area contributed by atoms with E-state index in [-0.39, 0.29) is 0 Å². The van der Waals surface area contributed by atoms with E-state index in [1.54, 1.807) is 0 Å². The van der Waals surface area contributed by atoms with Gasteiger partial charge in [0.1, 0.15) is 0 Å². The SMILES string of the molecule is C1=Cc2c(c3cc(-c4cccc5c4sc4ccccc45)ccc3n2-c2nc(-c3ccccc3)cc(-c3ccccc3)n2)CC1. The van der Waals surface area contributed by atoms with E-state index in [4.69, 9.17) is 9.97 Å². The highest BCUT2D eigenvalue weighted by atomic mass is 32.1. The Balaban J connectivity index is 1.28. The Hall–Kier alpha value is -5.32. The number of aromatic nitrogens is 3. The Morgan fingerprint density at radius 2 is 1.30 bits per heavy atom. The van der Waals surface area contributed by atoms with Crippen LogP contribution < -0.4 is 0 Å². The van der Waals surface area contributed by atoms with E-state index >= 15 is 0 Å². The molecule has 1 aliphatic carbocycles. The molecule has 3 heterocycles. The first-order valence-electron chi connectivity index (χ1n) is 15.1. The fraction of sp³-hybridized carbons (Fsp3) is 0.0500. The quantitative estimate of drug-likeness (QED) is 0.207. The minimum Gasteiger partial charge on any atom is -0.278 e. The number of hydrogen-bond acceptors (Lipinski definition) is 3. The lowest BCUT2D eigenvalue weighted by Crippen LogP contribution is -2.07. The van der Waals surface area contributed by atoms with E-state index in [0.717, 1.165) is 40.9 Å². The molecule has 0 bridgehead atoms. The fourth-order valence-corrected chi connectivity index (χ4v) is 7.88. The van der Waals surface area contributed by atoms with E-state index in [1.807, 2.05) is 23.5 Å². The van der Waals surface area contributed by atoms with Crippen molar-refractivity contribution >= 4 is 48.5 Å². The van der Waals surface area contributed by atoms with Gasteiger partial charge >= 0.3 is 0 Å². The molecule has 9 rings (SSSR count). The smallest absolute Gasteiger partial charge is 0.235 e. The van der Waals surface area contributed by atoms with E-state index in [0.29, 0.717) is 5.95 Å². The second kappa shape index (κ2) is 10.1. The summed E-state index contributed by atoms with van der Waals surface area (Å²) in [6.45, 7) is 0. The molecule has 208 valence electrons. The van der Waals surface area contributed by atoms with Gasteiger partial charge in [-0.15, -0.1) is 11.3 Å². The first-order chi connectivity index (χ1) is 21.8. The number of fused-ring (bicyclic) bond motifs is 6. The average Bonchev–Trinajstić information content (AvgIpc) is 3.64. The standard InChI is InChI=1S/C40H27N3S/c1-3-12-26(13-4-1)34-25-35(27-14-5-2-6-15-27)42-40(41-34)43-36-20-9-7-16-30(36)33-24-28(22-23-37(33)43)29-18-11-19-32-31-17-8-10-21-38(31)44-39(29)32/h1-6,8-15,17-25H,7,16H2.